The van der Waals surface area contributed by atoms with Crippen LogP contribution in [-0.4, -0.2) is 97.9 Å². The number of likely N-dealkylation sites (tertiary alicyclic amines) is 1. The fraction of sp³-hybridized carbons (Fsp3) is 0.625. The highest BCUT2D eigenvalue weighted by Gasteiger charge is 2.37. The molecule has 1 aliphatic heterocycles. The van der Waals surface area contributed by atoms with E-state index in [2.05, 4.69) is 27.7 Å². The van der Waals surface area contributed by atoms with Gasteiger partial charge in [-0.1, -0.05) is 30.3 Å². The number of carbonyl (C=O) groups is 3. The minimum absolute atomic E-state index is 0.0719. The van der Waals surface area contributed by atoms with E-state index in [0.29, 0.717) is 31.1 Å². The molecule has 1 fully saturated rings. The molecule has 1 heterocycles. The van der Waals surface area contributed by atoms with Gasteiger partial charge in [-0.25, -0.2) is 0 Å². The molecule has 1 unspecified atom stereocenters. The Labute approximate surface area is 209 Å². The molecule has 11 heteroatoms. The fourth-order valence-electron chi connectivity index (χ4n) is 3.94. The van der Waals surface area contributed by atoms with Crippen molar-refractivity contribution in [3.05, 3.63) is 35.9 Å². The topological polar surface area (TPSA) is 81.8 Å². The Kier molecular flexibility index (Phi) is 12.2. The van der Waals surface area contributed by atoms with Crippen molar-refractivity contribution in [1.82, 2.24) is 20.4 Å². The van der Waals surface area contributed by atoms with E-state index in [9.17, 15) is 27.6 Å². The van der Waals surface area contributed by atoms with Gasteiger partial charge in [0, 0.05) is 19.6 Å². The third kappa shape index (κ3) is 11.1. The normalized spacial score (nSPS) is 17.5. The number of halogens is 3. The Morgan fingerprint density at radius 1 is 1.20 bits per heavy atom. The number of rotatable bonds is 14. The summed E-state index contributed by atoms with van der Waals surface area (Å²) in [5.74, 6) is -2.46. The molecule has 0 radical (unpaired) electrons. The van der Waals surface area contributed by atoms with Gasteiger partial charge in [-0.2, -0.15) is 24.9 Å². The second-order valence-corrected chi connectivity index (χ2v) is 10.1. The third-order valence-corrected chi connectivity index (χ3v) is 6.78. The molecule has 0 aromatic heterocycles. The fourth-order valence-corrected chi connectivity index (χ4v) is 4.81. The SMILES string of the molecule is CN(C)CC(=O)NC(=O)[C@H](CCCSCC(=O)C(F)(F)F)NCCN1CCC(c2ccccc2)C1. The van der Waals surface area contributed by atoms with E-state index in [4.69, 9.17) is 0 Å². The van der Waals surface area contributed by atoms with Gasteiger partial charge in [0.05, 0.1) is 18.3 Å². The number of nitrogens with one attached hydrogen (secondary N) is 2. The number of nitrogens with zero attached hydrogens (tertiary/aromatic N) is 2. The van der Waals surface area contributed by atoms with Gasteiger partial charge in [0.15, 0.2) is 0 Å². The van der Waals surface area contributed by atoms with Crippen molar-refractivity contribution in [2.45, 2.75) is 37.4 Å². The highest BCUT2D eigenvalue weighted by atomic mass is 32.2. The summed E-state index contributed by atoms with van der Waals surface area (Å²) in [6, 6.07) is 9.71. The van der Waals surface area contributed by atoms with Gasteiger partial charge in [-0.15, -0.1) is 0 Å². The first kappa shape index (κ1) is 29.3. The Balaban J connectivity index is 1.80. The lowest BCUT2D eigenvalue weighted by Crippen LogP contribution is -2.49. The quantitative estimate of drug-likeness (QED) is 0.367. The predicted octanol–water partition coefficient (Wildman–Crippen LogP) is 2.28. The zero-order valence-corrected chi connectivity index (χ0v) is 21.1. The molecule has 0 bridgehead atoms. The molecular formula is C24H35F3N4O3S. The zero-order chi connectivity index (χ0) is 25.8. The summed E-state index contributed by atoms with van der Waals surface area (Å²) in [6.45, 7) is 3.26. The highest BCUT2D eigenvalue weighted by Crippen LogP contribution is 2.26. The van der Waals surface area contributed by atoms with Crippen molar-refractivity contribution in [3.8, 4) is 0 Å². The van der Waals surface area contributed by atoms with E-state index < -0.39 is 35.6 Å². The van der Waals surface area contributed by atoms with Crippen LogP contribution in [0.1, 0.15) is 30.7 Å². The molecule has 2 atom stereocenters. The van der Waals surface area contributed by atoms with E-state index in [1.807, 2.05) is 18.2 Å². The molecule has 2 amide bonds. The summed E-state index contributed by atoms with van der Waals surface area (Å²) >= 11 is 0.896. The number of thioether (sulfide) groups is 1. The molecule has 0 saturated carbocycles. The standard InChI is InChI=1S/C24H35F3N4O3S/c1-30(2)16-22(33)29-23(34)20(9-6-14-35-17-21(32)24(25,26)27)28-11-13-31-12-10-19(15-31)18-7-4-3-5-8-18/h3-5,7-8,19-20,28H,6,9-17H2,1-2H3,(H,29,33,34)/t19?,20-/m0/s1. The summed E-state index contributed by atoms with van der Waals surface area (Å²) < 4.78 is 37.0. The predicted molar refractivity (Wildman–Crippen MR) is 131 cm³/mol. The van der Waals surface area contributed by atoms with Crippen LogP contribution in [0.3, 0.4) is 0 Å². The molecule has 1 saturated heterocycles. The van der Waals surface area contributed by atoms with Crippen LogP contribution in [0.2, 0.25) is 0 Å². The minimum atomic E-state index is -4.82. The molecule has 1 aliphatic rings. The van der Waals surface area contributed by atoms with Crippen molar-refractivity contribution in [3.63, 3.8) is 0 Å². The zero-order valence-electron chi connectivity index (χ0n) is 20.3. The van der Waals surface area contributed by atoms with Crippen LogP contribution in [0, 0.1) is 0 Å². The monoisotopic (exact) mass is 516 g/mol. The Bertz CT molecular complexity index is 824. The van der Waals surface area contributed by atoms with Gasteiger partial charge in [-0.05, 0) is 57.1 Å². The average Bonchev–Trinajstić information content (AvgIpc) is 3.25. The maximum Gasteiger partial charge on any atom is 0.450 e. The Morgan fingerprint density at radius 3 is 2.57 bits per heavy atom. The molecule has 196 valence electrons. The number of hydrogen-bond donors (Lipinski definition) is 2. The number of alkyl halides is 3. The van der Waals surface area contributed by atoms with Crippen LogP contribution in [0.4, 0.5) is 13.2 Å². The molecule has 1 aromatic carbocycles. The molecule has 0 aliphatic carbocycles. The summed E-state index contributed by atoms with van der Waals surface area (Å²) in [5, 5.41) is 5.60. The number of ketones is 1. The molecule has 2 rings (SSSR count). The molecule has 1 aromatic rings. The smallest absolute Gasteiger partial charge is 0.305 e. The average molecular weight is 517 g/mol. The molecular weight excluding hydrogens is 481 g/mol. The van der Waals surface area contributed by atoms with Crippen LogP contribution >= 0.6 is 11.8 Å². The van der Waals surface area contributed by atoms with E-state index >= 15 is 0 Å². The summed E-state index contributed by atoms with van der Waals surface area (Å²) in [5.41, 5.74) is 1.32. The van der Waals surface area contributed by atoms with Crippen LogP contribution < -0.4 is 10.6 Å². The number of Topliss-reactive ketones (excluding diaryl/α,β-unsaturated/α-hetero) is 1. The maximum atomic E-state index is 12.7. The second kappa shape index (κ2) is 14.6. The number of likely N-dealkylation sites (N-methyl/N-ethyl adjacent to an activating group) is 1. The van der Waals surface area contributed by atoms with Gasteiger partial charge in [-0.3, -0.25) is 19.7 Å². The molecule has 2 N–H and O–H groups in total. The Hall–Kier alpha value is -1.95. The van der Waals surface area contributed by atoms with Crippen molar-refractivity contribution >= 4 is 29.4 Å². The lowest BCUT2D eigenvalue weighted by atomic mass is 9.99. The molecule has 7 nitrogen and oxygen atoms in total. The number of carbonyl (C=O) groups excluding carboxylic acids is 3. The lowest BCUT2D eigenvalue weighted by molar-refractivity contribution is -0.167. The second-order valence-electron chi connectivity index (χ2n) is 8.97. The van der Waals surface area contributed by atoms with Crippen molar-refractivity contribution in [1.29, 1.82) is 0 Å². The number of amides is 2. The Morgan fingerprint density at radius 2 is 1.91 bits per heavy atom. The third-order valence-electron chi connectivity index (χ3n) is 5.73. The van der Waals surface area contributed by atoms with Crippen LogP contribution in [0.15, 0.2) is 30.3 Å². The largest absolute Gasteiger partial charge is 0.450 e. The maximum absolute atomic E-state index is 12.7. The first-order valence-corrected chi connectivity index (χ1v) is 12.9. The van der Waals surface area contributed by atoms with Crippen molar-refractivity contribution in [2.24, 2.45) is 0 Å². The van der Waals surface area contributed by atoms with Gasteiger partial charge in [0.25, 0.3) is 0 Å². The summed E-state index contributed by atoms with van der Waals surface area (Å²) in [7, 11) is 3.44. The van der Waals surface area contributed by atoms with Crippen LogP contribution in [0.5, 0.6) is 0 Å². The van der Waals surface area contributed by atoms with Crippen LogP contribution in [-0.2, 0) is 14.4 Å². The number of imide groups is 1. The van der Waals surface area contributed by atoms with Gasteiger partial charge in [0.2, 0.25) is 17.6 Å². The summed E-state index contributed by atoms with van der Waals surface area (Å²) in [6.07, 6.45) is -2.97. The van der Waals surface area contributed by atoms with E-state index in [1.165, 1.54) is 5.56 Å². The van der Waals surface area contributed by atoms with Crippen LogP contribution in [0.25, 0.3) is 0 Å². The molecule has 0 spiro atoms. The summed E-state index contributed by atoms with van der Waals surface area (Å²) in [4.78, 5) is 39.6. The first-order chi connectivity index (χ1) is 16.6. The van der Waals surface area contributed by atoms with E-state index in [0.717, 1.165) is 37.8 Å². The highest BCUT2D eigenvalue weighted by molar-refractivity contribution is 7.99. The van der Waals surface area contributed by atoms with Gasteiger partial charge >= 0.3 is 6.18 Å². The van der Waals surface area contributed by atoms with Gasteiger partial charge < -0.3 is 15.1 Å². The van der Waals surface area contributed by atoms with E-state index in [-0.39, 0.29) is 6.54 Å². The van der Waals surface area contributed by atoms with E-state index in [1.54, 1.807) is 19.0 Å². The lowest BCUT2D eigenvalue weighted by Gasteiger charge is -2.21. The number of hydrogen-bond acceptors (Lipinski definition) is 7. The van der Waals surface area contributed by atoms with Gasteiger partial charge in [0.1, 0.15) is 0 Å². The minimum Gasteiger partial charge on any atom is -0.305 e. The first-order valence-electron chi connectivity index (χ1n) is 11.7. The van der Waals surface area contributed by atoms with Crippen molar-refractivity contribution < 1.29 is 27.6 Å². The number of benzene rings is 1. The molecule has 35 heavy (non-hydrogen) atoms. The van der Waals surface area contributed by atoms with Crippen molar-refractivity contribution in [2.75, 3.05) is 58.3 Å².